The first-order chi connectivity index (χ1) is 15.1. The Balaban J connectivity index is 1.95. The molecule has 0 aromatic heterocycles. The number of aliphatic carboxylic acids is 1. The zero-order valence-electron chi connectivity index (χ0n) is 18.9. The van der Waals surface area contributed by atoms with Crippen LogP contribution in [0.5, 0.6) is 0 Å². The number of likely N-dealkylation sites (tertiary alicyclic amines) is 1. The van der Waals surface area contributed by atoms with Crippen LogP contribution in [-0.2, 0) is 25.6 Å². The third-order valence-corrected chi connectivity index (χ3v) is 5.53. The van der Waals surface area contributed by atoms with E-state index in [1.807, 2.05) is 44.2 Å². The van der Waals surface area contributed by atoms with Crippen molar-refractivity contribution in [1.82, 2.24) is 15.5 Å². The first kappa shape index (κ1) is 25.3. The molecule has 32 heavy (non-hydrogen) atoms. The molecule has 0 saturated carbocycles. The zero-order valence-corrected chi connectivity index (χ0v) is 18.9. The average Bonchev–Trinajstić information content (AvgIpc) is 3.22. The van der Waals surface area contributed by atoms with Gasteiger partial charge in [-0.3, -0.25) is 14.4 Å². The standard InChI is InChI=1S/C23H34N4O5/c1-14(2)12-18(23(31)32)26-20(28)15(3)25-21(29)19-10-7-11-27(19)22(30)17(24)13-16-8-5-4-6-9-16/h4-6,8-9,14-15,17-19H,7,10-13,24H2,1-3H3,(H,25,29)(H,26,28)(H,31,32). The van der Waals surface area contributed by atoms with Gasteiger partial charge in [-0.15, -0.1) is 0 Å². The van der Waals surface area contributed by atoms with E-state index in [0.29, 0.717) is 25.8 Å². The number of carboxylic acids is 1. The topological polar surface area (TPSA) is 142 Å². The van der Waals surface area contributed by atoms with Gasteiger partial charge in [0.1, 0.15) is 18.1 Å². The van der Waals surface area contributed by atoms with Crippen LogP contribution in [0.3, 0.4) is 0 Å². The number of carboxylic acid groups (broad SMARTS) is 1. The molecule has 3 amide bonds. The number of hydrogen-bond acceptors (Lipinski definition) is 5. The Morgan fingerprint density at radius 3 is 2.38 bits per heavy atom. The van der Waals surface area contributed by atoms with Gasteiger partial charge in [-0.2, -0.15) is 0 Å². The van der Waals surface area contributed by atoms with Crippen LogP contribution in [0.25, 0.3) is 0 Å². The lowest BCUT2D eigenvalue weighted by Crippen LogP contribution is -2.56. The summed E-state index contributed by atoms with van der Waals surface area (Å²) in [6.07, 6.45) is 1.80. The van der Waals surface area contributed by atoms with Gasteiger partial charge in [0.25, 0.3) is 0 Å². The molecule has 4 atom stereocenters. The highest BCUT2D eigenvalue weighted by atomic mass is 16.4. The Morgan fingerprint density at radius 2 is 1.78 bits per heavy atom. The minimum absolute atomic E-state index is 0.0828. The van der Waals surface area contributed by atoms with Crippen LogP contribution in [0.2, 0.25) is 0 Å². The maximum atomic E-state index is 12.9. The van der Waals surface area contributed by atoms with Crippen molar-refractivity contribution >= 4 is 23.7 Å². The van der Waals surface area contributed by atoms with Crippen molar-refractivity contribution in [3.63, 3.8) is 0 Å². The van der Waals surface area contributed by atoms with Crippen LogP contribution >= 0.6 is 0 Å². The number of amides is 3. The fourth-order valence-electron chi connectivity index (χ4n) is 3.84. The molecule has 176 valence electrons. The molecule has 1 aromatic carbocycles. The third kappa shape index (κ3) is 7.05. The largest absolute Gasteiger partial charge is 0.480 e. The first-order valence-electron chi connectivity index (χ1n) is 11.0. The van der Waals surface area contributed by atoms with Crippen molar-refractivity contribution in [3.8, 4) is 0 Å². The van der Waals surface area contributed by atoms with E-state index in [9.17, 15) is 24.3 Å². The summed E-state index contributed by atoms with van der Waals surface area (Å²) >= 11 is 0. The van der Waals surface area contributed by atoms with Crippen molar-refractivity contribution in [1.29, 1.82) is 0 Å². The van der Waals surface area contributed by atoms with E-state index in [4.69, 9.17) is 5.73 Å². The highest BCUT2D eigenvalue weighted by Gasteiger charge is 2.37. The van der Waals surface area contributed by atoms with Crippen molar-refractivity contribution in [2.24, 2.45) is 11.7 Å². The number of rotatable bonds is 10. The Labute approximate surface area is 188 Å². The summed E-state index contributed by atoms with van der Waals surface area (Å²) in [5.74, 6) is -2.36. The molecule has 2 rings (SSSR count). The van der Waals surface area contributed by atoms with Crippen molar-refractivity contribution < 1.29 is 24.3 Å². The van der Waals surface area contributed by atoms with Gasteiger partial charge in [0.2, 0.25) is 17.7 Å². The monoisotopic (exact) mass is 446 g/mol. The molecule has 0 bridgehead atoms. The fourth-order valence-corrected chi connectivity index (χ4v) is 3.84. The average molecular weight is 447 g/mol. The van der Waals surface area contributed by atoms with Gasteiger partial charge in [0, 0.05) is 6.54 Å². The molecular formula is C23H34N4O5. The molecule has 4 unspecified atom stereocenters. The van der Waals surface area contributed by atoms with Crippen LogP contribution in [-0.4, -0.2) is 64.4 Å². The molecule has 0 radical (unpaired) electrons. The van der Waals surface area contributed by atoms with E-state index in [0.717, 1.165) is 5.56 Å². The molecule has 1 aromatic rings. The van der Waals surface area contributed by atoms with Gasteiger partial charge in [0.15, 0.2) is 0 Å². The molecule has 1 heterocycles. The van der Waals surface area contributed by atoms with E-state index < -0.39 is 42.0 Å². The molecular weight excluding hydrogens is 412 g/mol. The van der Waals surface area contributed by atoms with Crippen molar-refractivity contribution in [3.05, 3.63) is 35.9 Å². The van der Waals surface area contributed by atoms with Crippen LogP contribution < -0.4 is 16.4 Å². The smallest absolute Gasteiger partial charge is 0.326 e. The summed E-state index contributed by atoms with van der Waals surface area (Å²) in [6, 6.07) is 5.99. The Hall–Kier alpha value is -2.94. The SMILES string of the molecule is CC(C)CC(NC(=O)C(C)NC(=O)C1CCCN1C(=O)C(N)Cc1ccccc1)C(=O)O. The lowest BCUT2D eigenvalue weighted by Gasteiger charge is -2.28. The van der Waals surface area contributed by atoms with Gasteiger partial charge in [-0.1, -0.05) is 44.2 Å². The first-order valence-corrected chi connectivity index (χ1v) is 11.0. The predicted molar refractivity (Wildman–Crippen MR) is 119 cm³/mol. The molecule has 0 spiro atoms. The highest BCUT2D eigenvalue weighted by molar-refractivity contribution is 5.94. The maximum absolute atomic E-state index is 12.9. The lowest BCUT2D eigenvalue weighted by atomic mass is 10.0. The molecule has 1 saturated heterocycles. The van der Waals surface area contributed by atoms with Crippen molar-refractivity contribution in [2.45, 2.75) is 70.6 Å². The van der Waals surface area contributed by atoms with Crippen LogP contribution in [0.15, 0.2) is 30.3 Å². The molecule has 5 N–H and O–H groups in total. The molecule has 9 nitrogen and oxygen atoms in total. The normalized spacial score (nSPS) is 18.7. The number of carbonyl (C=O) groups is 4. The predicted octanol–water partition coefficient (Wildman–Crippen LogP) is 0.668. The number of carbonyl (C=O) groups excluding carboxylic acids is 3. The summed E-state index contributed by atoms with van der Waals surface area (Å²) in [5.41, 5.74) is 7.06. The molecule has 1 aliphatic rings. The highest BCUT2D eigenvalue weighted by Crippen LogP contribution is 2.19. The molecule has 0 aliphatic carbocycles. The number of benzene rings is 1. The van der Waals surface area contributed by atoms with E-state index in [-0.39, 0.29) is 18.2 Å². The number of nitrogens with two attached hydrogens (primary N) is 1. The number of nitrogens with one attached hydrogen (secondary N) is 2. The Kier molecular flexibility index (Phi) is 9.19. The fraction of sp³-hybridized carbons (Fsp3) is 0.565. The van der Waals surface area contributed by atoms with Crippen LogP contribution in [0, 0.1) is 5.92 Å². The Morgan fingerprint density at radius 1 is 1.12 bits per heavy atom. The second kappa shape index (κ2) is 11.6. The Bertz CT molecular complexity index is 814. The summed E-state index contributed by atoms with van der Waals surface area (Å²) in [4.78, 5) is 51.0. The van der Waals surface area contributed by atoms with Gasteiger partial charge in [-0.25, -0.2) is 4.79 Å². The summed E-state index contributed by atoms with van der Waals surface area (Å²) in [7, 11) is 0. The second-order valence-corrected chi connectivity index (χ2v) is 8.75. The molecule has 1 aliphatic heterocycles. The number of hydrogen-bond donors (Lipinski definition) is 4. The second-order valence-electron chi connectivity index (χ2n) is 8.75. The van der Waals surface area contributed by atoms with Gasteiger partial charge in [-0.05, 0) is 44.1 Å². The molecule has 1 fully saturated rings. The minimum Gasteiger partial charge on any atom is -0.480 e. The summed E-state index contributed by atoms with van der Waals surface area (Å²) in [5, 5.41) is 14.4. The van der Waals surface area contributed by atoms with Gasteiger partial charge >= 0.3 is 5.97 Å². The van der Waals surface area contributed by atoms with Crippen LogP contribution in [0.1, 0.15) is 45.6 Å². The van der Waals surface area contributed by atoms with Gasteiger partial charge < -0.3 is 26.4 Å². The van der Waals surface area contributed by atoms with Crippen LogP contribution in [0.4, 0.5) is 0 Å². The quantitative estimate of drug-likeness (QED) is 0.416. The van der Waals surface area contributed by atoms with Gasteiger partial charge in [0.05, 0.1) is 6.04 Å². The van der Waals surface area contributed by atoms with E-state index in [1.54, 1.807) is 0 Å². The zero-order chi connectivity index (χ0) is 23.8. The molecule has 9 heteroatoms. The van der Waals surface area contributed by atoms with E-state index >= 15 is 0 Å². The van der Waals surface area contributed by atoms with E-state index in [2.05, 4.69) is 10.6 Å². The maximum Gasteiger partial charge on any atom is 0.326 e. The minimum atomic E-state index is -1.12. The summed E-state index contributed by atoms with van der Waals surface area (Å²) in [6.45, 7) is 5.64. The lowest BCUT2D eigenvalue weighted by molar-refractivity contribution is -0.143. The summed E-state index contributed by atoms with van der Waals surface area (Å²) < 4.78 is 0. The van der Waals surface area contributed by atoms with Crippen molar-refractivity contribution in [2.75, 3.05) is 6.54 Å². The number of nitrogens with zero attached hydrogens (tertiary/aromatic N) is 1. The third-order valence-electron chi connectivity index (χ3n) is 5.53. The van der Waals surface area contributed by atoms with E-state index in [1.165, 1.54) is 11.8 Å².